The van der Waals surface area contributed by atoms with E-state index in [9.17, 15) is 14.6 Å². The first-order chi connectivity index (χ1) is 13.0. The number of anilines is 1. The molecule has 0 aliphatic rings. The number of aliphatic hydroxyl groups is 2. The first kappa shape index (κ1) is 18.9. The van der Waals surface area contributed by atoms with Crippen molar-refractivity contribution in [2.24, 2.45) is 0 Å². The van der Waals surface area contributed by atoms with Crippen LogP contribution in [0.25, 0.3) is 11.3 Å². The Morgan fingerprint density at radius 3 is 2.44 bits per heavy atom. The van der Waals surface area contributed by atoms with E-state index in [4.69, 9.17) is 0 Å². The van der Waals surface area contributed by atoms with Gasteiger partial charge in [0.1, 0.15) is 18.0 Å². The minimum atomic E-state index is -0.870. The zero-order valence-corrected chi connectivity index (χ0v) is 15.2. The van der Waals surface area contributed by atoms with E-state index in [2.05, 4.69) is 9.97 Å². The molecule has 2 aromatic carbocycles. The fraction of sp³-hybridized carbons (Fsp3) is 0.238. The maximum atomic E-state index is 14.2. The van der Waals surface area contributed by atoms with Gasteiger partial charge in [0, 0.05) is 30.8 Å². The van der Waals surface area contributed by atoms with Crippen LogP contribution in [0.3, 0.4) is 0 Å². The molecule has 0 aliphatic heterocycles. The van der Waals surface area contributed by atoms with Crippen molar-refractivity contribution in [2.75, 3.05) is 18.5 Å². The summed E-state index contributed by atoms with van der Waals surface area (Å²) in [5.74, 6) is 0.144. The number of hydrogen-bond acceptors (Lipinski definition) is 5. The average molecular weight is 367 g/mol. The van der Waals surface area contributed by atoms with Crippen LogP contribution in [-0.4, -0.2) is 33.8 Å². The molecule has 2 atom stereocenters. The normalized spacial score (nSPS) is 13.2. The monoisotopic (exact) mass is 367 g/mol. The minimum absolute atomic E-state index is 0.246. The van der Waals surface area contributed by atoms with E-state index < -0.39 is 18.0 Å². The fourth-order valence-corrected chi connectivity index (χ4v) is 2.87. The zero-order chi connectivity index (χ0) is 19.4. The molecule has 0 saturated heterocycles. The Morgan fingerprint density at radius 2 is 1.78 bits per heavy atom. The Morgan fingerprint density at radius 1 is 1.04 bits per heavy atom. The molecule has 0 bridgehead atoms. The number of aromatic nitrogens is 2. The number of hydrogen-bond donors (Lipinski definition) is 2. The highest BCUT2D eigenvalue weighted by Gasteiger charge is 2.14. The van der Waals surface area contributed by atoms with Gasteiger partial charge in [-0.2, -0.15) is 0 Å². The van der Waals surface area contributed by atoms with Crippen LogP contribution in [0, 0.1) is 5.82 Å². The van der Waals surface area contributed by atoms with Gasteiger partial charge in [0.15, 0.2) is 0 Å². The van der Waals surface area contributed by atoms with Crippen LogP contribution in [0.4, 0.5) is 10.2 Å². The van der Waals surface area contributed by atoms with Gasteiger partial charge in [-0.1, -0.05) is 42.5 Å². The van der Waals surface area contributed by atoms with Gasteiger partial charge in [-0.25, -0.2) is 14.4 Å². The second-order valence-corrected chi connectivity index (χ2v) is 6.48. The molecule has 140 valence electrons. The van der Waals surface area contributed by atoms with E-state index in [0.29, 0.717) is 23.6 Å². The second kappa shape index (κ2) is 8.24. The van der Waals surface area contributed by atoms with Crippen molar-refractivity contribution >= 4 is 5.82 Å². The molecule has 0 aliphatic carbocycles. The molecule has 6 heteroatoms. The summed E-state index contributed by atoms with van der Waals surface area (Å²) in [4.78, 5) is 10.3. The van der Waals surface area contributed by atoms with Crippen LogP contribution < -0.4 is 4.90 Å². The molecule has 3 rings (SSSR count). The summed E-state index contributed by atoms with van der Waals surface area (Å²) in [5.41, 5.74) is 2.24. The fourth-order valence-electron chi connectivity index (χ4n) is 2.87. The van der Waals surface area contributed by atoms with Crippen LogP contribution in [0.2, 0.25) is 0 Å². The van der Waals surface area contributed by atoms with Gasteiger partial charge in [-0.3, -0.25) is 0 Å². The number of likely N-dealkylation sites (N-methyl/N-ethyl adjacent to an activating group) is 1. The van der Waals surface area contributed by atoms with Gasteiger partial charge in [0.25, 0.3) is 0 Å². The Bertz CT molecular complexity index is 903. The second-order valence-electron chi connectivity index (χ2n) is 6.48. The molecule has 3 aromatic rings. The molecule has 1 unspecified atom stereocenters. The smallest absolute Gasteiger partial charge is 0.132 e. The third-order valence-corrected chi connectivity index (χ3v) is 4.42. The first-order valence-electron chi connectivity index (χ1n) is 8.70. The molecule has 0 spiro atoms. The Hall–Kier alpha value is -2.83. The zero-order valence-electron chi connectivity index (χ0n) is 15.2. The van der Waals surface area contributed by atoms with E-state index in [1.54, 1.807) is 18.2 Å². The lowest BCUT2D eigenvalue weighted by atomic mass is 10.0. The van der Waals surface area contributed by atoms with E-state index in [0.717, 1.165) is 5.56 Å². The predicted octanol–water partition coefficient (Wildman–Crippen LogP) is 3.51. The highest BCUT2D eigenvalue weighted by atomic mass is 19.1. The SMILES string of the molecule is CC(O)c1ccc(-c2cc(N(C)C[C@H](O)c3ccccc3)ncn2)cc1F. The van der Waals surface area contributed by atoms with Gasteiger partial charge in [0.2, 0.25) is 0 Å². The van der Waals surface area contributed by atoms with Gasteiger partial charge < -0.3 is 15.1 Å². The summed E-state index contributed by atoms with van der Waals surface area (Å²) >= 11 is 0. The lowest BCUT2D eigenvalue weighted by molar-refractivity contribution is 0.185. The molecule has 5 nitrogen and oxygen atoms in total. The van der Waals surface area contributed by atoms with Gasteiger partial charge >= 0.3 is 0 Å². The number of benzene rings is 2. The summed E-state index contributed by atoms with van der Waals surface area (Å²) in [6.07, 6.45) is -0.112. The molecule has 0 fully saturated rings. The first-order valence-corrected chi connectivity index (χ1v) is 8.70. The van der Waals surface area contributed by atoms with Crippen molar-refractivity contribution in [3.63, 3.8) is 0 Å². The van der Waals surface area contributed by atoms with Gasteiger partial charge in [-0.05, 0) is 18.6 Å². The molecule has 0 radical (unpaired) electrons. The molecule has 0 saturated carbocycles. The van der Waals surface area contributed by atoms with Crippen LogP contribution in [-0.2, 0) is 0 Å². The minimum Gasteiger partial charge on any atom is -0.389 e. The summed E-state index contributed by atoms with van der Waals surface area (Å²) in [5, 5.41) is 20.0. The number of halogens is 1. The standard InChI is InChI=1S/C21H22FN3O2/c1-14(26)17-9-8-16(10-18(17)22)19-11-21(24-13-23-19)25(2)12-20(27)15-6-4-3-5-7-15/h3-11,13-14,20,26-27H,12H2,1-2H3/t14?,20-/m0/s1. The molecule has 1 aromatic heterocycles. The molecule has 1 heterocycles. The van der Waals surface area contributed by atoms with Crippen molar-refractivity contribution in [2.45, 2.75) is 19.1 Å². The third kappa shape index (κ3) is 4.48. The van der Waals surface area contributed by atoms with E-state index in [1.807, 2.05) is 42.3 Å². The summed E-state index contributed by atoms with van der Waals surface area (Å²) < 4.78 is 14.2. The molecular formula is C21H22FN3O2. The Labute approximate surface area is 157 Å². The Balaban J connectivity index is 1.80. The van der Waals surface area contributed by atoms with Crippen LogP contribution in [0.1, 0.15) is 30.3 Å². The predicted molar refractivity (Wildman–Crippen MR) is 103 cm³/mol. The van der Waals surface area contributed by atoms with Crippen LogP contribution >= 0.6 is 0 Å². The maximum absolute atomic E-state index is 14.2. The van der Waals surface area contributed by atoms with Crippen molar-refractivity contribution in [1.82, 2.24) is 9.97 Å². The number of aliphatic hydroxyl groups excluding tert-OH is 2. The van der Waals surface area contributed by atoms with Crippen LogP contribution in [0.15, 0.2) is 60.9 Å². The van der Waals surface area contributed by atoms with Gasteiger partial charge in [-0.15, -0.1) is 0 Å². The van der Waals surface area contributed by atoms with E-state index in [-0.39, 0.29) is 5.56 Å². The summed E-state index contributed by atoms with van der Waals surface area (Å²) in [7, 11) is 1.83. The lowest BCUT2D eigenvalue weighted by Gasteiger charge is -2.22. The largest absolute Gasteiger partial charge is 0.389 e. The molecule has 0 amide bonds. The summed E-state index contributed by atoms with van der Waals surface area (Å²) in [6, 6.07) is 15.8. The van der Waals surface area contributed by atoms with Crippen molar-refractivity contribution in [3.8, 4) is 11.3 Å². The third-order valence-electron chi connectivity index (χ3n) is 4.42. The Kier molecular flexibility index (Phi) is 5.78. The van der Waals surface area contributed by atoms with Crippen molar-refractivity contribution in [1.29, 1.82) is 0 Å². The number of rotatable bonds is 6. The topological polar surface area (TPSA) is 69.5 Å². The molecular weight excluding hydrogens is 345 g/mol. The van der Waals surface area contributed by atoms with E-state index >= 15 is 0 Å². The van der Waals surface area contributed by atoms with Crippen molar-refractivity contribution < 1.29 is 14.6 Å². The highest BCUT2D eigenvalue weighted by molar-refractivity contribution is 5.63. The average Bonchev–Trinajstić information content (AvgIpc) is 2.68. The molecule has 27 heavy (non-hydrogen) atoms. The molecule has 2 N–H and O–H groups in total. The quantitative estimate of drug-likeness (QED) is 0.698. The van der Waals surface area contributed by atoms with E-state index in [1.165, 1.54) is 19.3 Å². The van der Waals surface area contributed by atoms with Crippen molar-refractivity contribution in [3.05, 3.63) is 77.9 Å². The van der Waals surface area contributed by atoms with Gasteiger partial charge in [0.05, 0.1) is 17.9 Å². The highest BCUT2D eigenvalue weighted by Crippen LogP contribution is 2.25. The van der Waals surface area contributed by atoms with Crippen LogP contribution in [0.5, 0.6) is 0 Å². The summed E-state index contributed by atoms with van der Waals surface area (Å²) in [6.45, 7) is 1.88. The maximum Gasteiger partial charge on any atom is 0.132 e. The lowest BCUT2D eigenvalue weighted by Crippen LogP contribution is -2.25. The number of nitrogens with zero attached hydrogens (tertiary/aromatic N) is 3.